The van der Waals surface area contributed by atoms with Crippen LogP contribution < -0.4 is 5.32 Å². The van der Waals surface area contributed by atoms with Gasteiger partial charge < -0.3 is 10.2 Å². The topological polar surface area (TPSA) is 52.7 Å². The van der Waals surface area contributed by atoms with E-state index in [1.807, 2.05) is 0 Å². The number of amides is 3. The van der Waals surface area contributed by atoms with Gasteiger partial charge in [-0.3, -0.25) is 9.69 Å². The number of likely N-dealkylation sites (tertiary alicyclic amines) is 1. The van der Waals surface area contributed by atoms with E-state index in [1.54, 1.807) is 0 Å². The van der Waals surface area contributed by atoms with E-state index < -0.39 is 0 Å². The zero-order valence-electron chi connectivity index (χ0n) is 21.1. The van der Waals surface area contributed by atoms with Gasteiger partial charge in [0.05, 0.1) is 0 Å². The summed E-state index contributed by atoms with van der Waals surface area (Å²) in [6.45, 7) is 3.82. The van der Waals surface area contributed by atoms with Crippen LogP contribution in [0.3, 0.4) is 0 Å². The molecule has 0 atom stereocenters. The normalized spacial score (nSPS) is 16.6. The molecule has 6 heteroatoms. The number of carbonyl (C=O) groups is 2. The second kappa shape index (κ2) is 11.7. The number of imide groups is 1. The fraction of sp³-hybridized carbons (Fsp3) is 0.355. The van der Waals surface area contributed by atoms with Gasteiger partial charge in [0.1, 0.15) is 5.82 Å². The Balaban J connectivity index is 1.08. The number of benzene rings is 3. The molecular formula is C31H34FN3O2. The van der Waals surface area contributed by atoms with Crippen molar-refractivity contribution in [3.05, 3.63) is 107 Å². The van der Waals surface area contributed by atoms with E-state index in [0.717, 1.165) is 38.9 Å². The average Bonchev–Trinajstić information content (AvgIpc) is 2.93. The summed E-state index contributed by atoms with van der Waals surface area (Å²) in [6, 6.07) is 25.4. The monoisotopic (exact) mass is 499 g/mol. The van der Waals surface area contributed by atoms with Crippen LogP contribution in [-0.4, -0.2) is 54.5 Å². The molecule has 1 saturated heterocycles. The summed E-state index contributed by atoms with van der Waals surface area (Å²) in [7, 11) is 0. The predicted octanol–water partition coefficient (Wildman–Crippen LogP) is 5.47. The molecular weight excluding hydrogens is 465 g/mol. The molecule has 2 heterocycles. The van der Waals surface area contributed by atoms with Crippen molar-refractivity contribution in [3.8, 4) is 0 Å². The van der Waals surface area contributed by atoms with Crippen molar-refractivity contribution in [3.63, 3.8) is 0 Å². The summed E-state index contributed by atoms with van der Waals surface area (Å²) < 4.78 is 13.4. The molecule has 5 rings (SSSR count). The first-order valence-electron chi connectivity index (χ1n) is 13.3. The lowest BCUT2D eigenvalue weighted by Crippen LogP contribution is -2.47. The lowest BCUT2D eigenvalue weighted by atomic mass is 9.76. The minimum atomic E-state index is -0.368. The molecule has 0 aromatic heterocycles. The van der Waals surface area contributed by atoms with Crippen LogP contribution in [0.4, 0.5) is 9.18 Å². The fourth-order valence-corrected chi connectivity index (χ4v) is 5.81. The summed E-state index contributed by atoms with van der Waals surface area (Å²) in [6.07, 6.45) is 3.60. The second-order valence-corrected chi connectivity index (χ2v) is 10.1. The van der Waals surface area contributed by atoms with Gasteiger partial charge in [0.25, 0.3) is 5.91 Å². The molecule has 37 heavy (non-hydrogen) atoms. The Kier molecular flexibility index (Phi) is 7.95. The summed E-state index contributed by atoms with van der Waals surface area (Å²) in [5.41, 5.74) is 3.85. The second-order valence-electron chi connectivity index (χ2n) is 10.1. The molecule has 1 fully saturated rings. The van der Waals surface area contributed by atoms with Crippen molar-refractivity contribution in [1.82, 2.24) is 15.1 Å². The van der Waals surface area contributed by atoms with Crippen LogP contribution in [0, 0.1) is 11.7 Å². The molecule has 0 bridgehead atoms. The average molecular weight is 500 g/mol. The van der Waals surface area contributed by atoms with Gasteiger partial charge in [-0.05, 0) is 86.1 Å². The van der Waals surface area contributed by atoms with Crippen molar-refractivity contribution >= 4 is 11.9 Å². The SMILES string of the molecule is O=C(NCCCN1CCC(C(c2ccccc2)c2ccccc2)CC1)N1CCc2cc(F)ccc2C1=O. The van der Waals surface area contributed by atoms with E-state index >= 15 is 0 Å². The van der Waals surface area contributed by atoms with Crippen LogP contribution in [0.15, 0.2) is 78.9 Å². The van der Waals surface area contributed by atoms with E-state index in [1.165, 1.54) is 34.2 Å². The van der Waals surface area contributed by atoms with E-state index in [4.69, 9.17) is 0 Å². The highest BCUT2D eigenvalue weighted by molar-refractivity contribution is 6.06. The van der Waals surface area contributed by atoms with Gasteiger partial charge in [-0.2, -0.15) is 0 Å². The number of fused-ring (bicyclic) bond motifs is 1. The number of urea groups is 1. The van der Waals surface area contributed by atoms with E-state index in [0.29, 0.717) is 35.9 Å². The third-order valence-corrected chi connectivity index (χ3v) is 7.74. The molecule has 2 aliphatic heterocycles. The Labute approximate surface area is 218 Å². The van der Waals surface area contributed by atoms with Crippen LogP contribution in [-0.2, 0) is 6.42 Å². The molecule has 3 aromatic rings. The van der Waals surface area contributed by atoms with Crippen LogP contribution in [0.25, 0.3) is 0 Å². The molecule has 0 spiro atoms. The Morgan fingerprint density at radius 2 is 1.57 bits per heavy atom. The number of nitrogens with one attached hydrogen (secondary N) is 1. The summed E-state index contributed by atoms with van der Waals surface area (Å²) >= 11 is 0. The zero-order valence-corrected chi connectivity index (χ0v) is 21.1. The summed E-state index contributed by atoms with van der Waals surface area (Å²) in [4.78, 5) is 29.0. The highest BCUT2D eigenvalue weighted by atomic mass is 19.1. The minimum Gasteiger partial charge on any atom is -0.338 e. The van der Waals surface area contributed by atoms with E-state index in [-0.39, 0.29) is 24.3 Å². The maximum Gasteiger partial charge on any atom is 0.324 e. The first kappa shape index (κ1) is 25.2. The summed E-state index contributed by atoms with van der Waals surface area (Å²) in [5.74, 6) is 0.297. The lowest BCUT2D eigenvalue weighted by Gasteiger charge is -2.36. The smallest absolute Gasteiger partial charge is 0.324 e. The Bertz CT molecular complexity index is 1170. The van der Waals surface area contributed by atoms with Gasteiger partial charge in [-0.1, -0.05) is 60.7 Å². The van der Waals surface area contributed by atoms with Crippen LogP contribution in [0.5, 0.6) is 0 Å². The maximum atomic E-state index is 13.4. The molecule has 5 nitrogen and oxygen atoms in total. The number of piperidine rings is 1. The maximum absolute atomic E-state index is 13.4. The third kappa shape index (κ3) is 5.91. The van der Waals surface area contributed by atoms with Crippen LogP contribution in [0.2, 0.25) is 0 Å². The highest BCUT2D eigenvalue weighted by Crippen LogP contribution is 2.37. The van der Waals surface area contributed by atoms with Crippen LogP contribution >= 0.6 is 0 Å². The zero-order chi connectivity index (χ0) is 25.6. The van der Waals surface area contributed by atoms with Crippen molar-refractivity contribution in [2.75, 3.05) is 32.7 Å². The van der Waals surface area contributed by atoms with Crippen LogP contribution in [0.1, 0.15) is 52.2 Å². The Morgan fingerprint density at radius 1 is 0.919 bits per heavy atom. The van der Waals surface area contributed by atoms with E-state index in [2.05, 4.69) is 70.9 Å². The minimum absolute atomic E-state index is 0.276. The molecule has 0 radical (unpaired) electrons. The summed E-state index contributed by atoms with van der Waals surface area (Å²) in [5, 5.41) is 2.90. The molecule has 0 unspecified atom stereocenters. The molecule has 2 aliphatic rings. The first-order valence-corrected chi connectivity index (χ1v) is 13.3. The third-order valence-electron chi connectivity index (χ3n) is 7.74. The molecule has 0 saturated carbocycles. The van der Waals surface area contributed by atoms with Gasteiger partial charge in [-0.25, -0.2) is 9.18 Å². The Morgan fingerprint density at radius 3 is 2.22 bits per heavy atom. The van der Waals surface area contributed by atoms with E-state index in [9.17, 15) is 14.0 Å². The van der Waals surface area contributed by atoms with Crippen molar-refractivity contribution in [2.45, 2.75) is 31.6 Å². The molecule has 3 amide bonds. The number of halogens is 1. The van der Waals surface area contributed by atoms with Gasteiger partial charge in [0.15, 0.2) is 0 Å². The highest BCUT2D eigenvalue weighted by Gasteiger charge is 2.30. The van der Waals surface area contributed by atoms with Gasteiger partial charge in [0, 0.05) is 24.6 Å². The molecule has 3 aromatic carbocycles. The molecule has 192 valence electrons. The lowest BCUT2D eigenvalue weighted by molar-refractivity contribution is 0.0786. The molecule has 1 N–H and O–H groups in total. The predicted molar refractivity (Wildman–Crippen MR) is 143 cm³/mol. The van der Waals surface area contributed by atoms with Crippen molar-refractivity contribution < 1.29 is 14.0 Å². The fourth-order valence-electron chi connectivity index (χ4n) is 5.81. The molecule has 0 aliphatic carbocycles. The van der Waals surface area contributed by atoms with Crippen molar-refractivity contribution in [1.29, 1.82) is 0 Å². The number of hydrogen-bond donors (Lipinski definition) is 1. The van der Waals surface area contributed by atoms with Crippen molar-refractivity contribution in [2.24, 2.45) is 5.92 Å². The first-order chi connectivity index (χ1) is 18.1. The standard InChI is InChI=1S/C31H34FN3O2/c32-27-12-13-28-26(22-27)16-21-35(30(28)36)31(37)33-17-7-18-34-19-14-25(15-20-34)29(23-8-3-1-4-9-23)24-10-5-2-6-11-24/h1-6,8-13,22,25,29H,7,14-21H2,(H,33,37). The number of hydrogen-bond acceptors (Lipinski definition) is 3. The van der Waals surface area contributed by atoms with Gasteiger partial charge in [-0.15, -0.1) is 0 Å². The number of rotatable bonds is 7. The number of carbonyl (C=O) groups excluding carboxylic acids is 2. The van der Waals surface area contributed by atoms with Gasteiger partial charge in [0.2, 0.25) is 0 Å². The quantitative estimate of drug-likeness (QED) is 0.439. The number of nitrogens with zero attached hydrogens (tertiary/aromatic N) is 2. The Hall–Kier alpha value is -3.51. The largest absolute Gasteiger partial charge is 0.338 e. The van der Waals surface area contributed by atoms with Gasteiger partial charge >= 0.3 is 6.03 Å².